The number of rotatable bonds is 13. The molecular formula is C20H43BNO3. The average molecular weight is 356 g/mol. The van der Waals surface area contributed by atoms with Crippen molar-refractivity contribution in [2.75, 3.05) is 0 Å². The molecule has 0 saturated carbocycles. The summed E-state index contributed by atoms with van der Waals surface area (Å²) in [5.41, 5.74) is 5.24. The third kappa shape index (κ3) is 10.9. The van der Waals surface area contributed by atoms with Gasteiger partial charge in [-0.2, -0.15) is 0 Å². The third-order valence-electron chi connectivity index (χ3n) is 5.22. The molecule has 0 aromatic heterocycles. The van der Waals surface area contributed by atoms with Gasteiger partial charge in [0.25, 0.3) is 7.48 Å². The largest absolute Gasteiger partial charge is 0.480 e. The molecule has 0 amide bonds. The van der Waals surface area contributed by atoms with Crippen LogP contribution < -0.4 is 5.73 Å². The first kappa shape index (κ1) is 26.7. The van der Waals surface area contributed by atoms with Crippen molar-refractivity contribution in [3.8, 4) is 0 Å². The maximum Gasteiger partial charge on any atom is 0.323 e. The lowest BCUT2D eigenvalue weighted by Gasteiger charge is -2.39. The monoisotopic (exact) mass is 356 g/mol. The fourth-order valence-electron chi connectivity index (χ4n) is 3.25. The Labute approximate surface area is 157 Å². The van der Waals surface area contributed by atoms with Gasteiger partial charge < -0.3 is 15.9 Å². The number of nitrogens with two attached hydrogens (primary N) is 1. The van der Waals surface area contributed by atoms with Crippen molar-refractivity contribution >= 4 is 13.5 Å². The Kier molecular flexibility index (Phi) is 16.7. The lowest BCUT2D eigenvalue weighted by Crippen LogP contribution is -2.57. The molecule has 0 bridgehead atoms. The second-order valence-electron chi connectivity index (χ2n) is 7.55. The summed E-state index contributed by atoms with van der Waals surface area (Å²) in [6.07, 6.45) is 8.22. The van der Waals surface area contributed by atoms with E-state index in [-0.39, 0.29) is 11.8 Å². The standard InChI is InChI=1S/C16H33BNO3.C4H10/c1-5-8-13(4)14(9-7-10-17-21)16(18,15(19)20)11-12(3)6-2;1-3-4-2/h12-14,21H,5-11,18H2,1-4H3,(H,19,20);3-4H2,1-2H3. The van der Waals surface area contributed by atoms with Gasteiger partial charge in [-0.3, -0.25) is 4.79 Å². The van der Waals surface area contributed by atoms with Gasteiger partial charge in [0.2, 0.25) is 0 Å². The van der Waals surface area contributed by atoms with E-state index in [1.54, 1.807) is 0 Å². The van der Waals surface area contributed by atoms with Crippen LogP contribution in [0.5, 0.6) is 0 Å². The van der Waals surface area contributed by atoms with Gasteiger partial charge in [0.1, 0.15) is 5.54 Å². The van der Waals surface area contributed by atoms with Crippen molar-refractivity contribution in [1.82, 2.24) is 0 Å². The molecule has 4 unspecified atom stereocenters. The zero-order valence-corrected chi connectivity index (χ0v) is 17.6. The van der Waals surface area contributed by atoms with Crippen LogP contribution in [0.25, 0.3) is 0 Å². The van der Waals surface area contributed by atoms with Gasteiger partial charge in [-0.15, -0.1) is 0 Å². The molecule has 1 radical (unpaired) electrons. The molecule has 149 valence electrons. The summed E-state index contributed by atoms with van der Waals surface area (Å²) in [4.78, 5) is 11.9. The Morgan fingerprint density at radius 2 is 1.64 bits per heavy atom. The number of carbonyl (C=O) groups is 1. The fourth-order valence-corrected chi connectivity index (χ4v) is 3.25. The SMILES string of the molecule is CCCC.CCCC(C)C(CCC[B]O)C(N)(CC(C)CC)C(=O)O. The first-order valence-corrected chi connectivity index (χ1v) is 10.2. The number of hydrogen-bond acceptors (Lipinski definition) is 3. The summed E-state index contributed by atoms with van der Waals surface area (Å²) in [5.74, 6) is -0.363. The molecule has 0 aliphatic rings. The summed E-state index contributed by atoms with van der Waals surface area (Å²) in [6, 6.07) is 0. The van der Waals surface area contributed by atoms with E-state index in [1.165, 1.54) is 12.8 Å². The van der Waals surface area contributed by atoms with E-state index in [9.17, 15) is 9.90 Å². The maximum absolute atomic E-state index is 11.9. The number of carboxylic acid groups (broad SMARTS) is 1. The quantitative estimate of drug-likeness (QED) is 0.325. The first-order valence-electron chi connectivity index (χ1n) is 10.2. The fraction of sp³-hybridized carbons (Fsp3) is 0.950. The molecule has 0 aromatic carbocycles. The van der Waals surface area contributed by atoms with Gasteiger partial charge in [0, 0.05) is 0 Å². The van der Waals surface area contributed by atoms with Crippen LogP contribution in [0.15, 0.2) is 0 Å². The average Bonchev–Trinajstić information content (AvgIpc) is 2.58. The topological polar surface area (TPSA) is 83.5 Å². The second kappa shape index (κ2) is 15.7. The first-order chi connectivity index (χ1) is 11.7. The third-order valence-corrected chi connectivity index (χ3v) is 5.22. The predicted molar refractivity (Wildman–Crippen MR) is 109 cm³/mol. The summed E-state index contributed by atoms with van der Waals surface area (Å²) in [6.45, 7) is 12.7. The maximum atomic E-state index is 11.9. The smallest absolute Gasteiger partial charge is 0.323 e. The Bertz CT molecular complexity index is 326. The van der Waals surface area contributed by atoms with Crippen LogP contribution in [0, 0.1) is 17.8 Å². The van der Waals surface area contributed by atoms with E-state index >= 15 is 0 Å². The molecule has 0 rings (SSSR count). The molecule has 0 saturated heterocycles. The molecule has 5 heteroatoms. The zero-order valence-electron chi connectivity index (χ0n) is 17.6. The van der Waals surface area contributed by atoms with Crippen molar-refractivity contribution < 1.29 is 14.9 Å². The zero-order chi connectivity index (χ0) is 19.9. The Morgan fingerprint density at radius 3 is 2.00 bits per heavy atom. The van der Waals surface area contributed by atoms with Gasteiger partial charge in [-0.25, -0.2) is 0 Å². The lowest BCUT2D eigenvalue weighted by atomic mass is 9.68. The molecule has 0 fully saturated rings. The summed E-state index contributed by atoms with van der Waals surface area (Å²) in [7, 11) is 1.15. The van der Waals surface area contributed by atoms with Crippen LogP contribution in [0.4, 0.5) is 0 Å². The molecular weight excluding hydrogens is 313 g/mol. The Balaban J connectivity index is 0. The Morgan fingerprint density at radius 1 is 1.08 bits per heavy atom. The molecule has 0 aliphatic heterocycles. The van der Waals surface area contributed by atoms with Crippen molar-refractivity contribution in [3.63, 3.8) is 0 Å². The highest BCUT2D eigenvalue weighted by atomic mass is 16.4. The lowest BCUT2D eigenvalue weighted by molar-refractivity contribution is -0.147. The van der Waals surface area contributed by atoms with E-state index in [0.29, 0.717) is 18.7 Å². The molecule has 4 atom stereocenters. The molecule has 4 N–H and O–H groups in total. The van der Waals surface area contributed by atoms with Crippen LogP contribution in [0.1, 0.15) is 92.9 Å². The van der Waals surface area contributed by atoms with Gasteiger partial charge in [0.15, 0.2) is 0 Å². The highest BCUT2D eigenvalue weighted by Crippen LogP contribution is 2.36. The van der Waals surface area contributed by atoms with Gasteiger partial charge in [-0.05, 0) is 30.6 Å². The summed E-state index contributed by atoms with van der Waals surface area (Å²) < 4.78 is 0. The van der Waals surface area contributed by atoms with E-state index in [1.807, 2.05) is 0 Å². The number of unbranched alkanes of at least 4 members (excludes halogenated alkanes) is 1. The highest BCUT2D eigenvalue weighted by molar-refractivity contribution is 6.25. The molecule has 0 spiro atoms. The predicted octanol–water partition coefficient (Wildman–Crippen LogP) is 4.87. The molecule has 4 nitrogen and oxygen atoms in total. The van der Waals surface area contributed by atoms with Crippen LogP contribution in [0.3, 0.4) is 0 Å². The van der Waals surface area contributed by atoms with Gasteiger partial charge in [-0.1, -0.05) is 86.4 Å². The van der Waals surface area contributed by atoms with Gasteiger partial charge >= 0.3 is 5.97 Å². The van der Waals surface area contributed by atoms with Crippen molar-refractivity contribution in [2.45, 2.75) is 105 Å². The number of aliphatic carboxylic acids is 1. The molecule has 25 heavy (non-hydrogen) atoms. The van der Waals surface area contributed by atoms with Crippen LogP contribution in [-0.4, -0.2) is 29.1 Å². The molecule has 0 aromatic rings. The minimum absolute atomic E-state index is 0.0519. The minimum atomic E-state index is -1.17. The number of carboxylic acids is 1. The van der Waals surface area contributed by atoms with E-state index in [2.05, 4.69) is 41.5 Å². The number of hydrogen-bond donors (Lipinski definition) is 3. The van der Waals surface area contributed by atoms with E-state index < -0.39 is 11.5 Å². The molecule has 0 aliphatic carbocycles. The Hall–Kier alpha value is -0.545. The van der Waals surface area contributed by atoms with Gasteiger partial charge in [0.05, 0.1) is 0 Å². The second-order valence-corrected chi connectivity index (χ2v) is 7.55. The van der Waals surface area contributed by atoms with Crippen LogP contribution in [0.2, 0.25) is 6.32 Å². The summed E-state index contributed by atoms with van der Waals surface area (Å²) >= 11 is 0. The highest BCUT2D eigenvalue weighted by Gasteiger charge is 2.44. The van der Waals surface area contributed by atoms with Crippen molar-refractivity contribution in [2.24, 2.45) is 23.5 Å². The van der Waals surface area contributed by atoms with Crippen molar-refractivity contribution in [1.29, 1.82) is 0 Å². The van der Waals surface area contributed by atoms with Crippen LogP contribution in [-0.2, 0) is 4.79 Å². The van der Waals surface area contributed by atoms with Crippen molar-refractivity contribution in [3.05, 3.63) is 0 Å². The van der Waals surface area contributed by atoms with E-state index in [4.69, 9.17) is 10.8 Å². The van der Waals surface area contributed by atoms with E-state index in [0.717, 1.165) is 39.6 Å². The minimum Gasteiger partial charge on any atom is -0.480 e. The van der Waals surface area contributed by atoms with Crippen LogP contribution >= 0.6 is 0 Å². The molecule has 0 heterocycles. The normalized spacial score (nSPS) is 16.8. The summed E-state index contributed by atoms with van der Waals surface area (Å²) in [5, 5.41) is 18.6.